The molecule has 0 aromatic heterocycles. The van der Waals surface area contributed by atoms with Gasteiger partial charge >= 0.3 is 0 Å². The zero-order valence-electron chi connectivity index (χ0n) is 15.5. The minimum absolute atomic E-state index is 0.0555. The number of ketones is 1. The fourth-order valence-corrected chi connectivity index (χ4v) is 3.56. The first kappa shape index (κ1) is 18.4. The number of piperazine rings is 1. The molecular weight excluding hydrogens is 342 g/mol. The summed E-state index contributed by atoms with van der Waals surface area (Å²) in [6.45, 7) is 8.58. The van der Waals surface area contributed by atoms with Gasteiger partial charge in [0, 0.05) is 42.6 Å². The number of rotatable bonds is 3. The van der Waals surface area contributed by atoms with Crippen LogP contribution in [0.2, 0.25) is 0 Å². The summed E-state index contributed by atoms with van der Waals surface area (Å²) in [4.78, 5) is 16.2. The van der Waals surface area contributed by atoms with Gasteiger partial charge in [0.2, 0.25) is 0 Å². The fraction of sp³-hybridized carbons (Fsp3) is 0.333. The number of thiocarbonyl (C=S) groups is 1. The number of nitrogens with one attached hydrogen (secondary N) is 1. The van der Waals surface area contributed by atoms with Crippen LogP contribution in [0, 0.1) is 6.92 Å². The molecule has 0 bridgehead atoms. The molecule has 1 aliphatic heterocycles. The Morgan fingerprint density at radius 3 is 2.54 bits per heavy atom. The molecule has 0 radical (unpaired) electrons. The molecule has 1 N–H and O–H groups in total. The summed E-state index contributed by atoms with van der Waals surface area (Å²) in [5, 5.41) is 3.99. The summed E-state index contributed by atoms with van der Waals surface area (Å²) in [6.07, 6.45) is 0. The molecule has 1 atom stereocenters. The summed E-state index contributed by atoms with van der Waals surface area (Å²) in [5.74, 6) is 0.0555. The van der Waals surface area contributed by atoms with E-state index in [4.69, 9.17) is 12.2 Å². The van der Waals surface area contributed by atoms with Crippen LogP contribution < -0.4 is 10.2 Å². The van der Waals surface area contributed by atoms with Crippen molar-refractivity contribution >= 4 is 34.5 Å². The lowest BCUT2D eigenvalue weighted by Crippen LogP contribution is -2.54. The van der Waals surface area contributed by atoms with Crippen LogP contribution in [0.25, 0.3) is 0 Å². The van der Waals surface area contributed by atoms with Crippen molar-refractivity contribution in [2.24, 2.45) is 0 Å². The van der Waals surface area contributed by atoms with Crippen molar-refractivity contribution in [3.63, 3.8) is 0 Å². The van der Waals surface area contributed by atoms with Crippen molar-refractivity contribution in [2.75, 3.05) is 29.9 Å². The molecule has 4 nitrogen and oxygen atoms in total. The van der Waals surface area contributed by atoms with Gasteiger partial charge in [-0.3, -0.25) is 4.79 Å². The van der Waals surface area contributed by atoms with E-state index < -0.39 is 0 Å². The monoisotopic (exact) mass is 367 g/mol. The molecule has 2 aromatic carbocycles. The number of hydrogen-bond donors (Lipinski definition) is 1. The van der Waals surface area contributed by atoms with Crippen LogP contribution in [-0.2, 0) is 0 Å². The quantitative estimate of drug-likeness (QED) is 0.653. The van der Waals surface area contributed by atoms with E-state index in [9.17, 15) is 4.79 Å². The molecule has 3 rings (SSSR count). The summed E-state index contributed by atoms with van der Waals surface area (Å²) in [6, 6.07) is 16.5. The standard InChI is InChI=1S/C21H25N3OS/c1-15-7-9-20(10-8-15)24-12-11-23(14-16(24)2)21(26)22-19-6-4-5-18(13-19)17(3)25/h4-10,13,16H,11-12,14H2,1-3H3,(H,22,26)/t16-/m0/s1. The molecule has 5 heteroatoms. The van der Waals surface area contributed by atoms with E-state index in [1.165, 1.54) is 11.3 Å². The predicted octanol–water partition coefficient (Wildman–Crippen LogP) is 4.11. The van der Waals surface area contributed by atoms with Crippen molar-refractivity contribution in [2.45, 2.75) is 26.8 Å². The minimum Gasteiger partial charge on any atom is -0.365 e. The lowest BCUT2D eigenvalue weighted by Gasteiger charge is -2.42. The van der Waals surface area contributed by atoms with Gasteiger partial charge in [0.1, 0.15) is 0 Å². The van der Waals surface area contributed by atoms with Crippen molar-refractivity contribution < 1.29 is 4.79 Å². The Balaban J connectivity index is 1.63. The highest BCUT2D eigenvalue weighted by molar-refractivity contribution is 7.80. The van der Waals surface area contributed by atoms with Crippen LogP contribution in [0.5, 0.6) is 0 Å². The Hall–Kier alpha value is -2.40. The second kappa shape index (κ2) is 7.87. The lowest BCUT2D eigenvalue weighted by molar-refractivity contribution is 0.101. The van der Waals surface area contributed by atoms with Crippen LogP contribution in [0.1, 0.15) is 29.8 Å². The summed E-state index contributed by atoms with van der Waals surface area (Å²) in [7, 11) is 0. The van der Waals surface area contributed by atoms with E-state index in [0.717, 1.165) is 25.3 Å². The van der Waals surface area contributed by atoms with Gasteiger partial charge in [0.15, 0.2) is 10.9 Å². The second-order valence-electron chi connectivity index (χ2n) is 6.89. The molecule has 1 fully saturated rings. The first-order valence-electron chi connectivity index (χ1n) is 8.94. The summed E-state index contributed by atoms with van der Waals surface area (Å²) < 4.78 is 0. The molecule has 2 aromatic rings. The van der Waals surface area contributed by atoms with Gasteiger partial charge in [-0.1, -0.05) is 29.8 Å². The zero-order valence-corrected chi connectivity index (χ0v) is 16.3. The highest BCUT2D eigenvalue weighted by Gasteiger charge is 2.25. The van der Waals surface area contributed by atoms with E-state index >= 15 is 0 Å². The maximum Gasteiger partial charge on any atom is 0.173 e. The summed E-state index contributed by atoms with van der Waals surface area (Å²) in [5.41, 5.74) is 4.08. The number of benzene rings is 2. The van der Waals surface area contributed by atoms with Crippen LogP contribution in [0.4, 0.5) is 11.4 Å². The molecule has 0 amide bonds. The Bertz CT molecular complexity index is 803. The average Bonchev–Trinajstić information content (AvgIpc) is 2.62. The van der Waals surface area contributed by atoms with Gasteiger partial charge in [-0.2, -0.15) is 0 Å². The van der Waals surface area contributed by atoms with Crippen LogP contribution >= 0.6 is 12.2 Å². The Morgan fingerprint density at radius 2 is 1.88 bits per heavy atom. The van der Waals surface area contributed by atoms with Crippen LogP contribution in [0.15, 0.2) is 48.5 Å². The molecule has 26 heavy (non-hydrogen) atoms. The van der Waals surface area contributed by atoms with Gasteiger partial charge < -0.3 is 15.1 Å². The smallest absolute Gasteiger partial charge is 0.173 e. The molecule has 0 unspecified atom stereocenters. The van der Waals surface area contributed by atoms with Crippen molar-refractivity contribution in [3.8, 4) is 0 Å². The second-order valence-corrected chi connectivity index (χ2v) is 7.28. The Morgan fingerprint density at radius 1 is 1.15 bits per heavy atom. The fourth-order valence-electron chi connectivity index (χ4n) is 3.28. The maximum absolute atomic E-state index is 11.5. The largest absolute Gasteiger partial charge is 0.365 e. The molecular formula is C21H25N3OS. The van der Waals surface area contributed by atoms with Crippen molar-refractivity contribution in [3.05, 3.63) is 59.7 Å². The van der Waals surface area contributed by atoms with Gasteiger partial charge in [0.05, 0.1) is 0 Å². The number of anilines is 2. The van der Waals surface area contributed by atoms with E-state index in [1.807, 2.05) is 24.3 Å². The molecule has 0 saturated carbocycles. The van der Waals surface area contributed by atoms with Gasteiger partial charge in [-0.05, 0) is 57.3 Å². The van der Waals surface area contributed by atoms with Crippen LogP contribution in [0.3, 0.4) is 0 Å². The van der Waals surface area contributed by atoms with Gasteiger partial charge in [0.25, 0.3) is 0 Å². The Kier molecular flexibility index (Phi) is 5.57. The predicted molar refractivity (Wildman–Crippen MR) is 112 cm³/mol. The number of nitrogens with zero attached hydrogens (tertiary/aromatic N) is 2. The normalized spacial score (nSPS) is 17.1. The molecule has 136 valence electrons. The number of aryl methyl sites for hydroxylation is 1. The highest BCUT2D eigenvalue weighted by atomic mass is 32.1. The van der Waals surface area contributed by atoms with Crippen molar-refractivity contribution in [1.82, 2.24) is 4.90 Å². The molecule has 0 spiro atoms. The zero-order chi connectivity index (χ0) is 18.7. The molecule has 1 aliphatic rings. The topological polar surface area (TPSA) is 35.6 Å². The third-order valence-electron chi connectivity index (χ3n) is 4.80. The molecule has 1 saturated heterocycles. The Labute approximate surface area is 160 Å². The third-order valence-corrected chi connectivity index (χ3v) is 5.16. The summed E-state index contributed by atoms with van der Waals surface area (Å²) >= 11 is 5.60. The lowest BCUT2D eigenvalue weighted by atomic mass is 10.1. The van der Waals surface area contributed by atoms with E-state index in [0.29, 0.717) is 16.7 Å². The first-order valence-corrected chi connectivity index (χ1v) is 9.35. The molecule has 1 heterocycles. The first-order chi connectivity index (χ1) is 12.4. The maximum atomic E-state index is 11.5. The minimum atomic E-state index is 0.0555. The highest BCUT2D eigenvalue weighted by Crippen LogP contribution is 2.22. The SMILES string of the molecule is CC(=O)c1cccc(NC(=S)N2CCN(c3ccc(C)cc3)[C@@H](C)C2)c1. The van der Waals surface area contributed by atoms with E-state index in [-0.39, 0.29) is 5.78 Å². The van der Waals surface area contributed by atoms with Gasteiger partial charge in [-0.25, -0.2) is 0 Å². The average molecular weight is 368 g/mol. The number of hydrogen-bond acceptors (Lipinski definition) is 3. The van der Waals surface area contributed by atoms with Crippen molar-refractivity contribution in [1.29, 1.82) is 0 Å². The van der Waals surface area contributed by atoms with Crippen LogP contribution in [-0.4, -0.2) is 41.5 Å². The van der Waals surface area contributed by atoms with Gasteiger partial charge in [-0.15, -0.1) is 0 Å². The number of carbonyl (C=O) groups is 1. The number of Topliss-reactive ketones (excluding diaryl/α,β-unsaturated/α-hetero) is 1. The van der Waals surface area contributed by atoms with E-state index in [2.05, 4.69) is 53.2 Å². The van der Waals surface area contributed by atoms with E-state index in [1.54, 1.807) is 6.92 Å². The molecule has 0 aliphatic carbocycles. The third kappa shape index (κ3) is 4.22. The number of carbonyl (C=O) groups excluding carboxylic acids is 1.